The van der Waals surface area contributed by atoms with Gasteiger partial charge in [0.15, 0.2) is 5.60 Å². The maximum atomic E-state index is 13.8. The number of alkyl carbamates (subject to hydrolysis) is 1. The SMILES string of the molecule is COC(=O)C(C)(C)Oc1ccc2c(=O)n(CC(C)C)c(CNC(=O)OC(C)(C)C)c(-c3ccccc3)c2c1. The fourth-order valence-electron chi connectivity index (χ4n) is 4.26. The lowest BCUT2D eigenvalue weighted by atomic mass is 9.96. The van der Waals surface area contributed by atoms with Crippen molar-refractivity contribution >= 4 is 22.8 Å². The van der Waals surface area contributed by atoms with Crippen molar-refractivity contribution in [1.82, 2.24) is 9.88 Å². The normalized spacial score (nSPS) is 11.9. The number of pyridine rings is 1. The molecular formula is C30H38N2O6. The van der Waals surface area contributed by atoms with Crippen LogP contribution in [0.25, 0.3) is 21.9 Å². The molecule has 0 spiro atoms. The number of fused-ring (bicyclic) bond motifs is 1. The molecule has 0 saturated heterocycles. The predicted molar refractivity (Wildman–Crippen MR) is 148 cm³/mol. The molecule has 8 nitrogen and oxygen atoms in total. The summed E-state index contributed by atoms with van der Waals surface area (Å²) in [6.07, 6.45) is -0.572. The van der Waals surface area contributed by atoms with Crippen molar-refractivity contribution in [1.29, 1.82) is 0 Å². The molecular weight excluding hydrogens is 484 g/mol. The quantitative estimate of drug-likeness (QED) is 0.383. The van der Waals surface area contributed by atoms with Gasteiger partial charge in [-0.2, -0.15) is 0 Å². The van der Waals surface area contributed by atoms with Crippen LogP contribution in [0.5, 0.6) is 5.75 Å². The monoisotopic (exact) mass is 522 g/mol. The fraction of sp³-hybridized carbons (Fsp3) is 0.433. The zero-order valence-corrected chi connectivity index (χ0v) is 23.5. The maximum Gasteiger partial charge on any atom is 0.407 e. The van der Waals surface area contributed by atoms with Gasteiger partial charge in [-0.1, -0.05) is 44.2 Å². The minimum absolute atomic E-state index is 0.0791. The van der Waals surface area contributed by atoms with E-state index in [9.17, 15) is 14.4 Å². The van der Waals surface area contributed by atoms with Gasteiger partial charge < -0.3 is 24.1 Å². The topological polar surface area (TPSA) is 95.9 Å². The van der Waals surface area contributed by atoms with Crippen molar-refractivity contribution in [2.45, 2.75) is 72.8 Å². The molecule has 0 fully saturated rings. The number of esters is 1. The highest BCUT2D eigenvalue weighted by atomic mass is 16.6. The van der Waals surface area contributed by atoms with Gasteiger partial charge in [-0.3, -0.25) is 4.79 Å². The van der Waals surface area contributed by atoms with Crippen LogP contribution in [0, 0.1) is 5.92 Å². The van der Waals surface area contributed by atoms with Crippen LogP contribution in [0.2, 0.25) is 0 Å². The highest BCUT2D eigenvalue weighted by molar-refractivity contribution is 5.98. The Labute approximate surface area is 223 Å². The Morgan fingerprint density at radius 1 is 0.974 bits per heavy atom. The van der Waals surface area contributed by atoms with Gasteiger partial charge in [0.25, 0.3) is 5.56 Å². The zero-order valence-electron chi connectivity index (χ0n) is 23.5. The van der Waals surface area contributed by atoms with Gasteiger partial charge in [-0.05, 0) is 64.3 Å². The molecule has 204 valence electrons. The van der Waals surface area contributed by atoms with Crippen LogP contribution in [-0.2, 0) is 27.4 Å². The molecule has 0 aliphatic carbocycles. The highest BCUT2D eigenvalue weighted by Crippen LogP contribution is 2.34. The third kappa shape index (κ3) is 6.73. The highest BCUT2D eigenvalue weighted by Gasteiger charge is 2.31. The summed E-state index contributed by atoms with van der Waals surface area (Å²) >= 11 is 0. The van der Waals surface area contributed by atoms with Gasteiger partial charge in [0.1, 0.15) is 11.4 Å². The smallest absolute Gasteiger partial charge is 0.407 e. The fourth-order valence-corrected chi connectivity index (χ4v) is 4.26. The van der Waals surface area contributed by atoms with Gasteiger partial charge in [0.05, 0.1) is 13.7 Å². The van der Waals surface area contributed by atoms with E-state index in [0.29, 0.717) is 28.8 Å². The number of benzene rings is 2. The lowest BCUT2D eigenvalue weighted by Crippen LogP contribution is -2.39. The molecule has 8 heteroatoms. The van der Waals surface area contributed by atoms with Gasteiger partial charge in [0, 0.05) is 28.6 Å². The summed E-state index contributed by atoms with van der Waals surface area (Å²) in [5.41, 5.74) is 0.249. The molecule has 1 aromatic heterocycles. The maximum absolute atomic E-state index is 13.8. The molecule has 0 saturated carbocycles. The van der Waals surface area contributed by atoms with E-state index < -0.39 is 23.3 Å². The van der Waals surface area contributed by atoms with Crippen LogP contribution in [0.1, 0.15) is 54.2 Å². The van der Waals surface area contributed by atoms with Crippen LogP contribution in [-0.4, -0.2) is 34.9 Å². The Bertz CT molecular complexity index is 1370. The summed E-state index contributed by atoms with van der Waals surface area (Å²) < 4.78 is 18.1. The second kappa shape index (κ2) is 11.3. The van der Waals surface area contributed by atoms with Crippen LogP contribution >= 0.6 is 0 Å². The van der Waals surface area contributed by atoms with E-state index in [2.05, 4.69) is 5.32 Å². The lowest BCUT2D eigenvalue weighted by Gasteiger charge is -2.25. The van der Waals surface area contributed by atoms with Gasteiger partial charge >= 0.3 is 12.1 Å². The molecule has 3 rings (SSSR count). The number of nitrogens with zero attached hydrogens (tertiary/aromatic N) is 1. The number of amides is 1. The number of carbonyl (C=O) groups excluding carboxylic acids is 2. The van der Waals surface area contributed by atoms with Gasteiger partial charge in [-0.25, -0.2) is 9.59 Å². The first kappa shape index (κ1) is 28.8. The van der Waals surface area contributed by atoms with Crippen LogP contribution < -0.4 is 15.6 Å². The number of aromatic nitrogens is 1. The molecule has 2 aromatic carbocycles. The summed E-state index contributed by atoms with van der Waals surface area (Å²) in [6.45, 7) is 13.3. The standard InChI is InChI=1S/C30H38N2O6/c1-19(2)18-32-24(17-31-28(35)38-29(3,4)5)25(20-12-10-9-11-13-20)23-16-21(14-15-22(23)26(32)33)37-30(6,7)27(34)36-8/h9-16,19H,17-18H2,1-8H3,(H,31,35). The summed E-state index contributed by atoms with van der Waals surface area (Å²) in [5, 5.41) is 3.99. The molecule has 38 heavy (non-hydrogen) atoms. The average Bonchev–Trinajstić information content (AvgIpc) is 2.83. The Kier molecular flexibility index (Phi) is 8.54. The Balaban J connectivity index is 2.28. The number of hydrogen-bond donors (Lipinski definition) is 1. The van der Waals surface area contributed by atoms with E-state index in [0.717, 1.165) is 11.1 Å². The van der Waals surface area contributed by atoms with Crippen LogP contribution in [0.4, 0.5) is 4.79 Å². The second-order valence-electron chi connectivity index (χ2n) is 11.2. The lowest BCUT2D eigenvalue weighted by molar-refractivity contribution is -0.156. The van der Waals surface area contributed by atoms with Gasteiger partial charge in [0.2, 0.25) is 0 Å². The Morgan fingerprint density at radius 3 is 2.21 bits per heavy atom. The Hall–Kier alpha value is -3.81. The van der Waals surface area contributed by atoms with E-state index in [1.54, 1.807) is 57.4 Å². The second-order valence-corrected chi connectivity index (χ2v) is 11.2. The zero-order chi connectivity index (χ0) is 28.3. The van der Waals surface area contributed by atoms with E-state index in [-0.39, 0.29) is 18.0 Å². The Morgan fingerprint density at radius 2 is 1.63 bits per heavy atom. The molecule has 0 radical (unpaired) electrons. The number of carbonyl (C=O) groups is 2. The molecule has 1 N–H and O–H groups in total. The first-order valence-electron chi connectivity index (χ1n) is 12.7. The number of rotatable bonds is 8. The predicted octanol–water partition coefficient (Wildman–Crippen LogP) is 5.68. The minimum Gasteiger partial charge on any atom is -0.476 e. The van der Waals surface area contributed by atoms with Crippen molar-refractivity contribution in [3.8, 4) is 16.9 Å². The number of nitrogens with one attached hydrogen (secondary N) is 1. The third-order valence-electron chi connectivity index (χ3n) is 5.81. The molecule has 1 amide bonds. The molecule has 0 unspecified atom stereocenters. The summed E-state index contributed by atoms with van der Waals surface area (Å²) in [7, 11) is 1.31. The summed E-state index contributed by atoms with van der Waals surface area (Å²) in [4.78, 5) is 38.6. The van der Waals surface area contributed by atoms with Gasteiger partial charge in [-0.15, -0.1) is 0 Å². The van der Waals surface area contributed by atoms with Crippen LogP contribution in [0.3, 0.4) is 0 Å². The van der Waals surface area contributed by atoms with E-state index >= 15 is 0 Å². The van der Waals surface area contributed by atoms with Crippen molar-refractivity contribution in [2.75, 3.05) is 7.11 Å². The van der Waals surface area contributed by atoms with Crippen molar-refractivity contribution in [3.63, 3.8) is 0 Å². The number of hydrogen-bond acceptors (Lipinski definition) is 6. The number of methoxy groups -OCH3 is 1. The molecule has 0 bridgehead atoms. The molecule has 0 aliphatic heterocycles. The van der Waals surface area contributed by atoms with Crippen molar-refractivity contribution in [2.24, 2.45) is 5.92 Å². The van der Waals surface area contributed by atoms with Crippen molar-refractivity contribution < 1.29 is 23.8 Å². The summed E-state index contributed by atoms with van der Waals surface area (Å²) in [5.74, 6) is 0.0742. The molecule has 0 atom stereocenters. The summed E-state index contributed by atoms with van der Waals surface area (Å²) in [6, 6.07) is 14.8. The molecule has 3 aromatic rings. The first-order valence-corrected chi connectivity index (χ1v) is 12.7. The van der Waals surface area contributed by atoms with E-state index in [1.165, 1.54) is 7.11 Å². The molecule has 1 heterocycles. The third-order valence-corrected chi connectivity index (χ3v) is 5.81. The first-order chi connectivity index (χ1) is 17.7. The minimum atomic E-state index is -1.23. The average molecular weight is 523 g/mol. The largest absolute Gasteiger partial charge is 0.476 e. The van der Waals surface area contributed by atoms with E-state index in [4.69, 9.17) is 14.2 Å². The van der Waals surface area contributed by atoms with Crippen LogP contribution in [0.15, 0.2) is 53.3 Å². The van der Waals surface area contributed by atoms with E-state index in [1.807, 2.05) is 44.2 Å². The number of ether oxygens (including phenoxy) is 3. The molecule has 0 aliphatic rings. The van der Waals surface area contributed by atoms with Crippen molar-refractivity contribution in [3.05, 3.63) is 64.6 Å².